The van der Waals surface area contributed by atoms with Gasteiger partial charge in [-0.15, -0.1) is 11.3 Å². The van der Waals surface area contributed by atoms with Gasteiger partial charge in [-0.3, -0.25) is 0 Å². The van der Waals surface area contributed by atoms with Gasteiger partial charge in [-0.2, -0.15) is 0 Å². The molecule has 1 N–H and O–H groups in total. The monoisotopic (exact) mass is 303 g/mol. The van der Waals surface area contributed by atoms with Crippen LogP contribution in [-0.2, 0) is 13.5 Å². The first-order chi connectivity index (χ1) is 8.58. The topological polar surface area (TPSA) is 29.9 Å². The van der Waals surface area contributed by atoms with E-state index in [4.69, 9.17) is 23.2 Å². The predicted octanol–water partition coefficient (Wildman–Crippen LogP) is 3.68. The molecule has 0 saturated carbocycles. The normalized spacial score (nSPS) is 12.9. The molecular weight excluding hydrogens is 289 g/mol. The molecule has 2 heterocycles. The summed E-state index contributed by atoms with van der Waals surface area (Å²) in [6.07, 6.45) is 4.66. The molecule has 0 aromatic carbocycles. The van der Waals surface area contributed by atoms with E-state index in [-0.39, 0.29) is 6.04 Å². The Labute approximate surface area is 121 Å². The lowest BCUT2D eigenvalue weighted by molar-refractivity contribution is 0.566. The Morgan fingerprint density at radius 1 is 1.50 bits per heavy atom. The van der Waals surface area contributed by atoms with Crippen LogP contribution in [0.5, 0.6) is 0 Å². The van der Waals surface area contributed by atoms with Crippen LogP contribution in [0.1, 0.15) is 24.4 Å². The molecule has 0 aliphatic heterocycles. The maximum absolute atomic E-state index is 6.12. The van der Waals surface area contributed by atoms with Crippen molar-refractivity contribution in [3.63, 3.8) is 0 Å². The van der Waals surface area contributed by atoms with Crippen molar-refractivity contribution in [1.29, 1.82) is 0 Å². The summed E-state index contributed by atoms with van der Waals surface area (Å²) in [6.45, 7) is 2.94. The number of rotatable bonds is 5. The Morgan fingerprint density at radius 3 is 2.83 bits per heavy atom. The van der Waals surface area contributed by atoms with E-state index in [1.54, 1.807) is 0 Å². The van der Waals surface area contributed by atoms with Crippen LogP contribution in [0.15, 0.2) is 18.5 Å². The number of imidazole rings is 1. The molecule has 0 radical (unpaired) electrons. The molecule has 0 amide bonds. The highest BCUT2D eigenvalue weighted by Gasteiger charge is 2.12. The van der Waals surface area contributed by atoms with Gasteiger partial charge in [0.1, 0.15) is 5.82 Å². The zero-order valence-electron chi connectivity index (χ0n) is 10.3. The fraction of sp³-hybridized carbons (Fsp3) is 0.417. The van der Waals surface area contributed by atoms with Crippen LogP contribution in [0.3, 0.4) is 0 Å². The Hall–Kier alpha value is -0.550. The average Bonchev–Trinajstić information content (AvgIpc) is 2.85. The Kier molecular flexibility index (Phi) is 4.67. The van der Waals surface area contributed by atoms with Crippen molar-refractivity contribution in [2.24, 2.45) is 7.05 Å². The number of hydrogen-bond donors (Lipinski definition) is 1. The fourth-order valence-electron chi connectivity index (χ4n) is 1.80. The molecule has 2 rings (SSSR count). The van der Waals surface area contributed by atoms with Crippen LogP contribution in [0, 0.1) is 0 Å². The van der Waals surface area contributed by atoms with E-state index < -0.39 is 0 Å². The summed E-state index contributed by atoms with van der Waals surface area (Å²) < 4.78 is 3.52. The molecule has 0 spiro atoms. The molecular formula is C12H15Cl2N3S. The summed E-state index contributed by atoms with van der Waals surface area (Å²) in [7, 11) is 2.00. The summed E-state index contributed by atoms with van der Waals surface area (Å²) in [6, 6.07) is 2.12. The lowest BCUT2D eigenvalue weighted by Crippen LogP contribution is -2.22. The highest BCUT2D eigenvalue weighted by Crippen LogP contribution is 2.34. The minimum Gasteiger partial charge on any atom is -0.338 e. The van der Waals surface area contributed by atoms with E-state index in [9.17, 15) is 0 Å². The standard InChI is InChI=1S/C12H15Cl2N3S/c1-8(9-7-10(13)18-12(9)14)15-4-3-11-16-5-6-17(11)2/h5-8,15H,3-4H2,1-2H3. The van der Waals surface area contributed by atoms with Crippen molar-refractivity contribution in [3.8, 4) is 0 Å². The van der Waals surface area contributed by atoms with Crippen LogP contribution in [0.4, 0.5) is 0 Å². The number of thiophene rings is 1. The van der Waals surface area contributed by atoms with Crippen molar-refractivity contribution in [2.45, 2.75) is 19.4 Å². The maximum atomic E-state index is 6.12. The predicted molar refractivity (Wildman–Crippen MR) is 77.7 cm³/mol. The quantitative estimate of drug-likeness (QED) is 0.913. The molecule has 2 aromatic heterocycles. The van der Waals surface area contributed by atoms with E-state index in [2.05, 4.69) is 17.2 Å². The lowest BCUT2D eigenvalue weighted by atomic mass is 10.2. The summed E-state index contributed by atoms with van der Waals surface area (Å²) in [5, 5.41) is 3.43. The van der Waals surface area contributed by atoms with Gasteiger partial charge in [-0.05, 0) is 18.6 Å². The van der Waals surface area contributed by atoms with E-state index >= 15 is 0 Å². The fourth-order valence-corrected chi connectivity index (χ4v) is 3.44. The zero-order chi connectivity index (χ0) is 13.1. The third-order valence-corrected chi connectivity index (χ3v) is 4.39. The van der Waals surface area contributed by atoms with Crippen LogP contribution < -0.4 is 5.32 Å². The van der Waals surface area contributed by atoms with Gasteiger partial charge in [0, 0.05) is 38.4 Å². The highest BCUT2D eigenvalue weighted by molar-refractivity contribution is 7.20. The SMILES string of the molecule is CC(NCCc1nccn1C)c1cc(Cl)sc1Cl. The van der Waals surface area contributed by atoms with E-state index in [1.165, 1.54) is 11.3 Å². The molecule has 1 unspecified atom stereocenters. The first-order valence-electron chi connectivity index (χ1n) is 5.72. The summed E-state index contributed by atoms with van der Waals surface area (Å²) in [5.74, 6) is 1.07. The molecule has 0 saturated heterocycles. The minimum absolute atomic E-state index is 0.196. The average molecular weight is 304 g/mol. The molecule has 0 aliphatic rings. The van der Waals surface area contributed by atoms with Gasteiger partial charge in [-0.1, -0.05) is 23.2 Å². The van der Waals surface area contributed by atoms with E-state index in [0.29, 0.717) is 0 Å². The first kappa shape index (κ1) is 13.9. The van der Waals surface area contributed by atoms with Gasteiger partial charge < -0.3 is 9.88 Å². The largest absolute Gasteiger partial charge is 0.338 e. The van der Waals surface area contributed by atoms with Gasteiger partial charge in [0.05, 0.1) is 8.67 Å². The summed E-state index contributed by atoms with van der Waals surface area (Å²) in [5.41, 5.74) is 1.06. The van der Waals surface area contributed by atoms with Crippen molar-refractivity contribution < 1.29 is 0 Å². The van der Waals surface area contributed by atoms with Crippen molar-refractivity contribution in [2.75, 3.05) is 6.54 Å². The second kappa shape index (κ2) is 6.06. The van der Waals surface area contributed by atoms with Crippen molar-refractivity contribution in [3.05, 3.63) is 38.5 Å². The maximum Gasteiger partial charge on any atom is 0.109 e. The Balaban J connectivity index is 1.87. The molecule has 1 atom stereocenters. The first-order valence-corrected chi connectivity index (χ1v) is 7.29. The van der Waals surface area contributed by atoms with Crippen molar-refractivity contribution in [1.82, 2.24) is 14.9 Å². The highest BCUT2D eigenvalue weighted by atomic mass is 35.5. The molecule has 2 aromatic rings. The van der Waals surface area contributed by atoms with Gasteiger partial charge in [0.25, 0.3) is 0 Å². The molecule has 0 fully saturated rings. The molecule has 98 valence electrons. The molecule has 3 nitrogen and oxygen atoms in total. The molecule has 0 aliphatic carbocycles. The number of aromatic nitrogens is 2. The van der Waals surface area contributed by atoms with Crippen LogP contribution in [0.25, 0.3) is 0 Å². The molecule has 0 bridgehead atoms. The second-order valence-electron chi connectivity index (χ2n) is 4.16. The van der Waals surface area contributed by atoms with Crippen molar-refractivity contribution >= 4 is 34.5 Å². The van der Waals surface area contributed by atoms with Crippen LogP contribution >= 0.6 is 34.5 Å². The van der Waals surface area contributed by atoms with E-state index in [1.807, 2.05) is 30.1 Å². The smallest absolute Gasteiger partial charge is 0.109 e. The second-order valence-corrected chi connectivity index (χ2v) is 6.45. The van der Waals surface area contributed by atoms with Crippen LogP contribution in [0.2, 0.25) is 8.67 Å². The third-order valence-electron chi connectivity index (χ3n) is 2.87. The Bertz CT molecular complexity index is 521. The number of halogens is 2. The van der Waals surface area contributed by atoms with Gasteiger partial charge in [0.15, 0.2) is 0 Å². The summed E-state index contributed by atoms with van der Waals surface area (Å²) in [4.78, 5) is 4.28. The van der Waals surface area contributed by atoms with Crippen LogP contribution in [-0.4, -0.2) is 16.1 Å². The number of nitrogens with zero attached hydrogens (tertiary/aromatic N) is 2. The number of nitrogens with one attached hydrogen (secondary N) is 1. The van der Waals surface area contributed by atoms with Gasteiger partial charge >= 0.3 is 0 Å². The zero-order valence-corrected chi connectivity index (χ0v) is 12.6. The Morgan fingerprint density at radius 2 is 2.28 bits per heavy atom. The van der Waals surface area contributed by atoms with Gasteiger partial charge in [0.2, 0.25) is 0 Å². The lowest BCUT2D eigenvalue weighted by Gasteiger charge is -2.13. The number of aryl methyl sites for hydroxylation is 1. The van der Waals surface area contributed by atoms with Gasteiger partial charge in [-0.25, -0.2) is 4.98 Å². The minimum atomic E-state index is 0.196. The number of hydrogen-bond acceptors (Lipinski definition) is 3. The van der Waals surface area contributed by atoms with E-state index in [0.717, 1.165) is 33.0 Å². The third kappa shape index (κ3) is 3.26. The summed E-state index contributed by atoms with van der Waals surface area (Å²) >= 11 is 13.5. The molecule has 18 heavy (non-hydrogen) atoms. The molecule has 6 heteroatoms.